The van der Waals surface area contributed by atoms with Crippen molar-refractivity contribution < 1.29 is 19.1 Å². The Labute approximate surface area is 104 Å². The smallest absolute Gasteiger partial charge is 0.303 e. The largest absolute Gasteiger partial charge is 0.497 e. The van der Waals surface area contributed by atoms with Gasteiger partial charge in [0, 0.05) is 12.0 Å². The molecule has 0 aliphatic rings. The van der Waals surface area contributed by atoms with Gasteiger partial charge in [0.25, 0.3) is 0 Å². The summed E-state index contributed by atoms with van der Waals surface area (Å²) in [4.78, 5) is 14.6. The molecule has 0 aliphatic carbocycles. The Morgan fingerprint density at radius 3 is 2.72 bits per heavy atom. The zero-order valence-electron chi connectivity index (χ0n) is 9.92. The van der Waals surface area contributed by atoms with Crippen LogP contribution in [0.4, 0.5) is 0 Å². The molecule has 1 aromatic heterocycles. The molecule has 0 radical (unpaired) electrons. The van der Waals surface area contributed by atoms with E-state index in [2.05, 4.69) is 4.98 Å². The van der Waals surface area contributed by atoms with E-state index in [1.807, 2.05) is 24.3 Å². The number of ether oxygens (including phenoxy) is 1. The van der Waals surface area contributed by atoms with Crippen LogP contribution in [-0.2, 0) is 11.2 Å². The van der Waals surface area contributed by atoms with Gasteiger partial charge < -0.3 is 14.3 Å². The predicted octanol–water partition coefficient (Wildman–Crippen LogP) is 2.37. The lowest BCUT2D eigenvalue weighted by molar-refractivity contribution is -0.137. The van der Waals surface area contributed by atoms with Gasteiger partial charge in [0.05, 0.1) is 19.7 Å². The molecule has 2 aromatic rings. The summed E-state index contributed by atoms with van der Waals surface area (Å²) in [5.74, 6) is 0.968. The monoisotopic (exact) mass is 247 g/mol. The van der Waals surface area contributed by atoms with Gasteiger partial charge in [-0.25, -0.2) is 4.98 Å². The van der Waals surface area contributed by atoms with Crippen molar-refractivity contribution in [3.8, 4) is 17.2 Å². The van der Waals surface area contributed by atoms with Crippen molar-refractivity contribution in [1.82, 2.24) is 4.98 Å². The molecule has 0 saturated carbocycles. The van der Waals surface area contributed by atoms with Gasteiger partial charge in [-0.15, -0.1) is 0 Å². The molecule has 0 atom stereocenters. The third-order valence-corrected chi connectivity index (χ3v) is 2.48. The molecular formula is C13H13NO4. The minimum absolute atomic E-state index is 0.0389. The third-order valence-electron chi connectivity index (χ3n) is 2.48. The first kappa shape index (κ1) is 12.2. The minimum Gasteiger partial charge on any atom is -0.497 e. The molecule has 0 amide bonds. The Kier molecular flexibility index (Phi) is 3.62. The highest BCUT2D eigenvalue weighted by molar-refractivity contribution is 5.67. The summed E-state index contributed by atoms with van der Waals surface area (Å²) in [5, 5.41) is 8.58. The van der Waals surface area contributed by atoms with Crippen LogP contribution in [0, 0.1) is 0 Å². The average Bonchev–Trinajstić information content (AvgIpc) is 2.85. The minimum atomic E-state index is -0.850. The number of oxazole rings is 1. The summed E-state index contributed by atoms with van der Waals surface area (Å²) in [6.45, 7) is 0. The van der Waals surface area contributed by atoms with Crippen LogP contribution in [0.25, 0.3) is 11.5 Å². The topological polar surface area (TPSA) is 72.6 Å². The summed E-state index contributed by atoms with van der Waals surface area (Å²) < 4.78 is 10.5. The van der Waals surface area contributed by atoms with Gasteiger partial charge >= 0.3 is 5.97 Å². The van der Waals surface area contributed by atoms with E-state index in [0.717, 1.165) is 11.3 Å². The molecule has 0 unspecified atom stereocenters. The lowest BCUT2D eigenvalue weighted by Crippen LogP contribution is -1.96. The molecule has 0 spiro atoms. The second kappa shape index (κ2) is 5.35. The van der Waals surface area contributed by atoms with Crippen molar-refractivity contribution in [3.63, 3.8) is 0 Å². The van der Waals surface area contributed by atoms with Crippen LogP contribution in [0.2, 0.25) is 0 Å². The molecule has 1 heterocycles. The fraction of sp³-hybridized carbons (Fsp3) is 0.231. The molecule has 2 rings (SSSR count). The standard InChI is InChI=1S/C13H13NO4/c1-17-10-4-2-9(3-5-10)13-14-8-11(18-13)6-7-12(15)16/h2-5,8H,6-7H2,1H3,(H,15,16). The highest BCUT2D eigenvalue weighted by atomic mass is 16.5. The number of carbonyl (C=O) groups is 1. The molecule has 0 aliphatic heterocycles. The lowest BCUT2D eigenvalue weighted by Gasteiger charge is -1.99. The zero-order chi connectivity index (χ0) is 13.0. The van der Waals surface area contributed by atoms with Crippen LogP contribution >= 0.6 is 0 Å². The molecule has 1 aromatic carbocycles. The summed E-state index contributed by atoms with van der Waals surface area (Å²) >= 11 is 0. The van der Waals surface area contributed by atoms with E-state index in [1.165, 1.54) is 0 Å². The Morgan fingerprint density at radius 2 is 2.11 bits per heavy atom. The van der Waals surface area contributed by atoms with E-state index >= 15 is 0 Å². The lowest BCUT2D eigenvalue weighted by atomic mass is 10.2. The van der Waals surface area contributed by atoms with Gasteiger partial charge in [-0.05, 0) is 24.3 Å². The first-order chi connectivity index (χ1) is 8.69. The summed E-state index contributed by atoms with van der Waals surface area (Å²) in [7, 11) is 1.60. The Morgan fingerprint density at radius 1 is 1.39 bits per heavy atom. The molecule has 0 fully saturated rings. The van der Waals surface area contributed by atoms with Gasteiger partial charge in [0.15, 0.2) is 0 Å². The Balaban J connectivity index is 2.10. The number of benzene rings is 1. The molecular weight excluding hydrogens is 234 g/mol. The quantitative estimate of drug-likeness (QED) is 0.878. The summed E-state index contributed by atoms with van der Waals surface area (Å²) in [6.07, 6.45) is 1.94. The molecule has 1 N–H and O–H groups in total. The molecule has 18 heavy (non-hydrogen) atoms. The average molecular weight is 247 g/mol. The van der Waals surface area contributed by atoms with E-state index in [-0.39, 0.29) is 6.42 Å². The molecule has 5 heteroatoms. The molecule has 94 valence electrons. The Bertz CT molecular complexity index is 530. The number of rotatable bonds is 5. The van der Waals surface area contributed by atoms with Crippen LogP contribution in [-0.4, -0.2) is 23.2 Å². The molecule has 5 nitrogen and oxygen atoms in total. The summed E-state index contributed by atoms with van der Waals surface area (Å²) in [6, 6.07) is 7.31. The first-order valence-electron chi connectivity index (χ1n) is 5.50. The summed E-state index contributed by atoms with van der Waals surface area (Å²) in [5.41, 5.74) is 0.831. The second-order valence-corrected chi connectivity index (χ2v) is 3.75. The predicted molar refractivity (Wildman–Crippen MR) is 64.4 cm³/mol. The number of hydrogen-bond acceptors (Lipinski definition) is 4. The maximum Gasteiger partial charge on any atom is 0.303 e. The second-order valence-electron chi connectivity index (χ2n) is 3.75. The number of aliphatic carboxylic acids is 1. The van der Waals surface area contributed by atoms with Gasteiger partial charge in [0.1, 0.15) is 11.5 Å². The number of aryl methyl sites for hydroxylation is 1. The highest BCUT2D eigenvalue weighted by Gasteiger charge is 2.08. The van der Waals surface area contributed by atoms with Crippen LogP contribution in [0.15, 0.2) is 34.9 Å². The van der Waals surface area contributed by atoms with Crippen molar-refractivity contribution >= 4 is 5.97 Å². The van der Waals surface area contributed by atoms with Gasteiger partial charge in [-0.2, -0.15) is 0 Å². The van der Waals surface area contributed by atoms with Crippen molar-refractivity contribution in [3.05, 3.63) is 36.2 Å². The molecule has 0 saturated heterocycles. The maximum absolute atomic E-state index is 10.4. The van der Waals surface area contributed by atoms with Crippen LogP contribution in [0.1, 0.15) is 12.2 Å². The normalized spacial score (nSPS) is 10.3. The third kappa shape index (κ3) is 2.88. The van der Waals surface area contributed by atoms with Crippen LogP contribution in [0.5, 0.6) is 5.75 Å². The number of methoxy groups -OCH3 is 1. The van der Waals surface area contributed by atoms with E-state index in [9.17, 15) is 4.79 Å². The van der Waals surface area contributed by atoms with Crippen molar-refractivity contribution in [1.29, 1.82) is 0 Å². The number of nitrogens with zero attached hydrogens (tertiary/aromatic N) is 1. The van der Waals surface area contributed by atoms with Crippen LogP contribution in [0.3, 0.4) is 0 Å². The number of carboxylic acids is 1. The van der Waals surface area contributed by atoms with Crippen molar-refractivity contribution in [2.24, 2.45) is 0 Å². The fourth-order valence-electron chi connectivity index (χ4n) is 1.52. The SMILES string of the molecule is COc1ccc(-c2ncc(CCC(=O)O)o2)cc1. The van der Waals surface area contributed by atoms with Gasteiger partial charge in [-0.3, -0.25) is 4.79 Å². The zero-order valence-corrected chi connectivity index (χ0v) is 9.92. The van der Waals surface area contributed by atoms with Crippen LogP contribution < -0.4 is 4.74 Å². The Hall–Kier alpha value is -2.30. The molecule has 0 bridgehead atoms. The maximum atomic E-state index is 10.4. The van der Waals surface area contributed by atoms with E-state index in [1.54, 1.807) is 13.3 Å². The van der Waals surface area contributed by atoms with E-state index < -0.39 is 5.97 Å². The van der Waals surface area contributed by atoms with Gasteiger partial charge in [0.2, 0.25) is 5.89 Å². The number of aromatic nitrogens is 1. The highest BCUT2D eigenvalue weighted by Crippen LogP contribution is 2.22. The van der Waals surface area contributed by atoms with Crippen molar-refractivity contribution in [2.75, 3.05) is 7.11 Å². The number of hydrogen-bond donors (Lipinski definition) is 1. The van der Waals surface area contributed by atoms with Gasteiger partial charge in [-0.1, -0.05) is 0 Å². The first-order valence-corrected chi connectivity index (χ1v) is 5.50. The fourth-order valence-corrected chi connectivity index (χ4v) is 1.52. The van der Waals surface area contributed by atoms with E-state index in [4.69, 9.17) is 14.3 Å². The van der Waals surface area contributed by atoms with Crippen molar-refractivity contribution in [2.45, 2.75) is 12.8 Å². The number of carboxylic acid groups (broad SMARTS) is 1. The van der Waals surface area contributed by atoms with E-state index in [0.29, 0.717) is 18.1 Å².